The lowest BCUT2D eigenvalue weighted by Gasteiger charge is -2.58. The number of phenols is 1. The van der Waals surface area contributed by atoms with Crippen molar-refractivity contribution in [3.63, 3.8) is 0 Å². The summed E-state index contributed by atoms with van der Waals surface area (Å²) in [4.78, 5) is 0. The van der Waals surface area contributed by atoms with E-state index in [1.807, 2.05) is 18.2 Å². The van der Waals surface area contributed by atoms with E-state index in [0.29, 0.717) is 17.6 Å². The number of aromatic hydroxyl groups is 1. The van der Waals surface area contributed by atoms with Crippen LogP contribution in [-0.2, 0) is 5.60 Å². The minimum Gasteiger partial charge on any atom is -0.508 e. The monoisotopic (exact) mass is 240 g/mol. The van der Waals surface area contributed by atoms with Gasteiger partial charge in [-0.2, -0.15) is 0 Å². The van der Waals surface area contributed by atoms with Gasteiger partial charge in [0, 0.05) is 5.56 Å². The van der Waals surface area contributed by atoms with Gasteiger partial charge in [-0.15, -0.1) is 0 Å². The topological polar surface area (TPSA) is 40.5 Å². The zero-order chi connectivity index (χ0) is 11.8. The van der Waals surface area contributed by atoms with Crippen LogP contribution in [0.3, 0.4) is 0 Å². The van der Waals surface area contributed by atoms with Crippen LogP contribution in [0.4, 0.5) is 0 Å². The summed E-state index contributed by atoms with van der Waals surface area (Å²) in [5, 5.41) is 21.4. The van der Waals surface area contributed by atoms with Crippen LogP contribution in [0.2, 0.25) is 0 Å². The number of hydrogen-bond acceptors (Lipinski definition) is 2. The molecule has 4 bridgehead atoms. The summed E-state index contributed by atoms with van der Waals surface area (Å²) in [5.41, 5.74) is 0.127. The maximum atomic E-state index is 11.3. The molecule has 0 amide bonds. The van der Waals surface area contributed by atoms with Crippen LogP contribution in [0.1, 0.15) is 12.0 Å². The summed E-state index contributed by atoms with van der Waals surface area (Å²) in [6.07, 6.45) is 1.45. The molecule has 7 rings (SSSR count). The normalized spacial score (nSPS) is 64.1. The second-order valence-electron chi connectivity index (χ2n) is 7.27. The third-order valence-electron chi connectivity index (χ3n) is 7.42. The molecule has 2 nitrogen and oxygen atoms in total. The SMILES string of the molecule is Oc1ccccc1C1(O)C2C3C4CC5C3C1C5C42. The fourth-order valence-electron chi connectivity index (χ4n) is 7.41. The van der Waals surface area contributed by atoms with Crippen LogP contribution in [-0.4, -0.2) is 10.2 Å². The largest absolute Gasteiger partial charge is 0.508 e. The van der Waals surface area contributed by atoms with Crippen molar-refractivity contribution in [1.29, 1.82) is 0 Å². The molecule has 6 aliphatic rings. The van der Waals surface area contributed by atoms with Crippen molar-refractivity contribution in [2.24, 2.45) is 47.3 Å². The standard InChI is InChI=1S/C16H16O2/c17-9-4-2-1-3-8(9)16(18)14-10-6-5-7-12(10)15(16)13(7)11(6)14/h1-4,6-7,10-15,17-18H,5H2. The lowest BCUT2D eigenvalue weighted by atomic mass is 9.45. The van der Waals surface area contributed by atoms with Crippen LogP contribution in [0, 0.1) is 47.3 Å². The molecule has 92 valence electrons. The van der Waals surface area contributed by atoms with Gasteiger partial charge < -0.3 is 10.2 Å². The molecule has 0 heterocycles. The Morgan fingerprint density at radius 1 is 0.944 bits per heavy atom. The summed E-state index contributed by atoms with van der Waals surface area (Å²) in [5.74, 6) is 6.27. The van der Waals surface area contributed by atoms with Crippen LogP contribution < -0.4 is 0 Å². The average Bonchev–Trinajstić information content (AvgIpc) is 2.86. The molecule has 0 aliphatic heterocycles. The third kappa shape index (κ3) is 0.565. The Morgan fingerprint density at radius 3 is 2.06 bits per heavy atom. The second-order valence-corrected chi connectivity index (χ2v) is 7.27. The van der Waals surface area contributed by atoms with E-state index in [1.54, 1.807) is 6.07 Å². The Bertz CT molecular complexity index is 549. The number of hydrogen-bond donors (Lipinski definition) is 2. The first kappa shape index (κ1) is 8.98. The molecule has 1 aromatic carbocycles. The Kier molecular flexibility index (Phi) is 1.12. The van der Waals surface area contributed by atoms with E-state index < -0.39 is 5.60 Å². The van der Waals surface area contributed by atoms with Gasteiger partial charge in [0.2, 0.25) is 0 Å². The summed E-state index contributed by atoms with van der Waals surface area (Å²) in [6, 6.07) is 7.46. The number of aliphatic hydroxyl groups is 1. The van der Waals surface area contributed by atoms with E-state index in [9.17, 15) is 10.2 Å². The quantitative estimate of drug-likeness (QED) is 0.788. The summed E-state index contributed by atoms with van der Waals surface area (Å²) in [6.45, 7) is 0. The molecule has 2 heteroatoms. The van der Waals surface area contributed by atoms with Gasteiger partial charge >= 0.3 is 0 Å². The third-order valence-corrected chi connectivity index (χ3v) is 7.42. The van der Waals surface area contributed by atoms with Crippen molar-refractivity contribution in [2.45, 2.75) is 12.0 Å². The van der Waals surface area contributed by atoms with E-state index in [-0.39, 0.29) is 0 Å². The second kappa shape index (κ2) is 2.24. The van der Waals surface area contributed by atoms with Crippen LogP contribution in [0.15, 0.2) is 24.3 Å². The van der Waals surface area contributed by atoms with E-state index in [0.717, 1.165) is 41.1 Å². The first-order valence-electron chi connectivity index (χ1n) is 7.25. The fraction of sp³-hybridized carbons (Fsp3) is 0.625. The smallest absolute Gasteiger partial charge is 0.121 e. The molecule has 6 fully saturated rings. The first-order valence-corrected chi connectivity index (χ1v) is 7.25. The van der Waals surface area contributed by atoms with E-state index >= 15 is 0 Å². The lowest BCUT2D eigenvalue weighted by molar-refractivity contribution is -0.127. The van der Waals surface area contributed by atoms with Crippen molar-refractivity contribution in [2.75, 3.05) is 0 Å². The van der Waals surface area contributed by atoms with Gasteiger partial charge in [0.15, 0.2) is 0 Å². The van der Waals surface area contributed by atoms with Gasteiger partial charge in [-0.05, 0) is 59.8 Å². The first-order chi connectivity index (χ1) is 8.74. The Labute approximate surface area is 106 Å². The molecule has 0 aromatic heterocycles. The van der Waals surface area contributed by atoms with E-state index in [1.165, 1.54) is 6.42 Å². The molecule has 6 saturated carbocycles. The van der Waals surface area contributed by atoms with Crippen molar-refractivity contribution in [3.05, 3.63) is 29.8 Å². The highest BCUT2D eigenvalue weighted by Crippen LogP contribution is 2.92. The zero-order valence-electron chi connectivity index (χ0n) is 10.0. The Balaban J connectivity index is 1.59. The minimum atomic E-state index is -0.691. The molecule has 4 unspecified atom stereocenters. The van der Waals surface area contributed by atoms with Crippen molar-refractivity contribution in [1.82, 2.24) is 0 Å². The van der Waals surface area contributed by atoms with Crippen LogP contribution >= 0.6 is 0 Å². The zero-order valence-corrected chi connectivity index (χ0v) is 10.0. The van der Waals surface area contributed by atoms with Crippen molar-refractivity contribution >= 4 is 0 Å². The highest BCUT2D eigenvalue weighted by atomic mass is 16.3. The van der Waals surface area contributed by atoms with Crippen LogP contribution in [0.25, 0.3) is 0 Å². The lowest BCUT2D eigenvalue weighted by Crippen LogP contribution is -2.56. The molecule has 4 atom stereocenters. The van der Waals surface area contributed by atoms with Gasteiger partial charge in [0.25, 0.3) is 0 Å². The predicted octanol–water partition coefficient (Wildman–Crippen LogP) is 1.97. The predicted molar refractivity (Wildman–Crippen MR) is 64.5 cm³/mol. The van der Waals surface area contributed by atoms with Gasteiger partial charge in [0.05, 0.1) is 5.60 Å². The van der Waals surface area contributed by atoms with Gasteiger partial charge in [0.1, 0.15) is 5.75 Å². The number of para-hydroxylation sites is 1. The highest BCUT2D eigenvalue weighted by molar-refractivity contribution is 5.47. The van der Waals surface area contributed by atoms with E-state index in [4.69, 9.17) is 0 Å². The maximum Gasteiger partial charge on any atom is 0.121 e. The maximum absolute atomic E-state index is 11.3. The number of benzene rings is 1. The van der Waals surface area contributed by atoms with Crippen molar-refractivity contribution < 1.29 is 10.2 Å². The number of phenolic OH excluding ortho intramolecular Hbond substituents is 1. The summed E-state index contributed by atoms with van der Waals surface area (Å²) in [7, 11) is 0. The van der Waals surface area contributed by atoms with Gasteiger partial charge in [-0.25, -0.2) is 0 Å². The molecule has 6 aliphatic carbocycles. The van der Waals surface area contributed by atoms with Crippen molar-refractivity contribution in [3.8, 4) is 5.75 Å². The Morgan fingerprint density at radius 2 is 1.50 bits per heavy atom. The number of rotatable bonds is 1. The van der Waals surface area contributed by atoms with Crippen LogP contribution in [0.5, 0.6) is 5.75 Å². The minimum absolute atomic E-state index is 0.297. The molecule has 0 spiro atoms. The molecule has 1 aromatic rings. The molecule has 18 heavy (non-hydrogen) atoms. The average molecular weight is 240 g/mol. The van der Waals surface area contributed by atoms with Gasteiger partial charge in [-0.1, -0.05) is 18.2 Å². The van der Waals surface area contributed by atoms with E-state index in [2.05, 4.69) is 0 Å². The molecule has 2 N–H and O–H groups in total. The highest BCUT2D eigenvalue weighted by Gasteiger charge is 2.91. The molecular formula is C16H16O2. The fourth-order valence-corrected chi connectivity index (χ4v) is 7.41. The molecule has 0 saturated heterocycles. The molecule has 0 radical (unpaired) electrons. The summed E-state index contributed by atoms with van der Waals surface area (Å²) >= 11 is 0. The summed E-state index contributed by atoms with van der Waals surface area (Å²) < 4.78 is 0. The molecular weight excluding hydrogens is 224 g/mol. The van der Waals surface area contributed by atoms with Gasteiger partial charge in [-0.3, -0.25) is 0 Å². The Hall–Kier alpha value is -1.02.